The number of hydrogen-bond donors (Lipinski definition) is 1. The molecule has 4 rings (SSSR count). The summed E-state index contributed by atoms with van der Waals surface area (Å²) in [6.07, 6.45) is 3.17. The van der Waals surface area contributed by atoms with Gasteiger partial charge in [-0.25, -0.2) is 4.68 Å². The highest BCUT2D eigenvalue weighted by Crippen LogP contribution is 2.20. The summed E-state index contributed by atoms with van der Waals surface area (Å²) in [5.74, 6) is 1.51. The normalized spacial score (nSPS) is 10.6. The van der Waals surface area contributed by atoms with Gasteiger partial charge in [0.15, 0.2) is 12.5 Å². The zero-order valence-electron chi connectivity index (χ0n) is 16.1. The predicted octanol–water partition coefficient (Wildman–Crippen LogP) is 5.65. The molecule has 4 aromatic rings. The number of furan rings is 1. The lowest BCUT2D eigenvalue weighted by Gasteiger charge is -2.06. The molecule has 1 amide bonds. The zero-order chi connectivity index (χ0) is 21.6. The summed E-state index contributed by atoms with van der Waals surface area (Å²) in [6.45, 7) is 0.342. The fraction of sp³-hybridized carbons (Fsp3) is 0.0909. The van der Waals surface area contributed by atoms with Crippen molar-refractivity contribution in [3.63, 3.8) is 0 Å². The lowest BCUT2D eigenvalue weighted by molar-refractivity contribution is 0.0992. The van der Waals surface area contributed by atoms with Gasteiger partial charge in [0.2, 0.25) is 0 Å². The molecule has 0 unspecified atom stereocenters. The monoisotopic (exact) mass is 457 g/mol. The third kappa shape index (κ3) is 5.81. The number of amides is 1. The molecule has 0 aliphatic rings. The molecule has 0 spiro atoms. The van der Waals surface area contributed by atoms with Crippen molar-refractivity contribution >= 4 is 34.8 Å². The Morgan fingerprint density at radius 3 is 2.42 bits per heavy atom. The van der Waals surface area contributed by atoms with Crippen molar-refractivity contribution in [3.05, 3.63) is 94.6 Å². The van der Waals surface area contributed by atoms with Crippen LogP contribution in [0.1, 0.15) is 16.3 Å². The molecular formula is C22H17Cl2N3O4. The van der Waals surface area contributed by atoms with E-state index in [0.717, 1.165) is 0 Å². The molecular weight excluding hydrogens is 441 g/mol. The minimum absolute atomic E-state index is 0.160. The number of aromatic nitrogens is 2. The average molecular weight is 458 g/mol. The highest BCUT2D eigenvalue weighted by Gasteiger charge is 2.13. The maximum atomic E-state index is 12.4. The van der Waals surface area contributed by atoms with Crippen molar-refractivity contribution in [2.75, 3.05) is 5.32 Å². The molecule has 0 saturated heterocycles. The van der Waals surface area contributed by atoms with Crippen molar-refractivity contribution in [3.8, 4) is 11.5 Å². The molecule has 2 aromatic heterocycles. The van der Waals surface area contributed by atoms with Gasteiger partial charge in [-0.05, 0) is 48.5 Å². The summed E-state index contributed by atoms with van der Waals surface area (Å²) in [5, 5.41) is 8.05. The number of carbonyl (C=O) groups excluding carboxylic acids is 1. The Kier molecular flexibility index (Phi) is 6.45. The first-order valence-corrected chi connectivity index (χ1v) is 10.00. The zero-order valence-corrected chi connectivity index (χ0v) is 17.6. The van der Waals surface area contributed by atoms with E-state index in [2.05, 4.69) is 10.4 Å². The van der Waals surface area contributed by atoms with Gasteiger partial charge in [0.05, 0.1) is 18.1 Å². The third-order valence-electron chi connectivity index (χ3n) is 4.11. The average Bonchev–Trinajstić information content (AvgIpc) is 3.40. The molecule has 7 nitrogen and oxygen atoms in total. The van der Waals surface area contributed by atoms with E-state index in [1.165, 1.54) is 6.20 Å². The number of ether oxygens (including phenoxy) is 2. The molecule has 0 radical (unpaired) electrons. The van der Waals surface area contributed by atoms with Crippen LogP contribution in [0.2, 0.25) is 10.0 Å². The maximum absolute atomic E-state index is 12.4. The lowest BCUT2D eigenvalue weighted by atomic mass is 10.3. The highest BCUT2D eigenvalue weighted by atomic mass is 35.5. The van der Waals surface area contributed by atoms with Crippen LogP contribution in [0.4, 0.5) is 5.69 Å². The van der Waals surface area contributed by atoms with E-state index in [-0.39, 0.29) is 19.1 Å². The fourth-order valence-corrected chi connectivity index (χ4v) is 3.04. The van der Waals surface area contributed by atoms with Crippen molar-refractivity contribution in [2.24, 2.45) is 0 Å². The predicted molar refractivity (Wildman–Crippen MR) is 117 cm³/mol. The summed E-state index contributed by atoms with van der Waals surface area (Å²) in [5.41, 5.74) is 0.507. The third-order valence-corrected chi connectivity index (χ3v) is 4.58. The SMILES string of the molecule is O=C(Nc1cnn(COc2cccc(Cl)c2)c1)c1ccc(COc2cccc(Cl)c2)o1. The quantitative estimate of drug-likeness (QED) is 0.369. The summed E-state index contributed by atoms with van der Waals surface area (Å²) >= 11 is 11.9. The minimum atomic E-state index is -0.399. The highest BCUT2D eigenvalue weighted by molar-refractivity contribution is 6.31. The Balaban J connectivity index is 1.29. The molecule has 1 N–H and O–H groups in total. The summed E-state index contributed by atoms with van der Waals surface area (Å²) < 4.78 is 18.3. The van der Waals surface area contributed by atoms with Gasteiger partial charge in [0, 0.05) is 10.0 Å². The van der Waals surface area contributed by atoms with Crippen molar-refractivity contribution in [1.82, 2.24) is 9.78 Å². The Morgan fingerprint density at radius 1 is 1.00 bits per heavy atom. The Labute approximate surface area is 188 Å². The number of rotatable bonds is 8. The topological polar surface area (TPSA) is 78.5 Å². The van der Waals surface area contributed by atoms with E-state index in [9.17, 15) is 4.79 Å². The first-order valence-electron chi connectivity index (χ1n) is 9.24. The van der Waals surface area contributed by atoms with Crippen molar-refractivity contribution in [1.29, 1.82) is 0 Å². The Hall–Kier alpha value is -3.42. The Bertz CT molecular complexity index is 1190. The van der Waals surface area contributed by atoms with Crippen LogP contribution >= 0.6 is 23.2 Å². The standard InChI is InChI=1S/C22H17Cl2N3O4/c23-15-3-1-5-18(9-15)29-13-20-7-8-21(31-20)22(28)26-17-11-25-27(12-17)14-30-19-6-2-4-16(24)10-19/h1-12H,13-14H2,(H,26,28). The van der Waals surface area contributed by atoms with E-state index < -0.39 is 5.91 Å². The summed E-state index contributed by atoms with van der Waals surface area (Å²) in [4.78, 5) is 12.4. The van der Waals surface area contributed by atoms with Crippen LogP contribution in [0.15, 0.2) is 77.5 Å². The second-order valence-corrected chi connectivity index (χ2v) is 7.34. The maximum Gasteiger partial charge on any atom is 0.291 e. The summed E-state index contributed by atoms with van der Waals surface area (Å²) in [7, 11) is 0. The number of benzene rings is 2. The summed E-state index contributed by atoms with van der Waals surface area (Å²) in [6, 6.07) is 17.4. The smallest absolute Gasteiger partial charge is 0.291 e. The molecule has 0 saturated carbocycles. The van der Waals surface area contributed by atoms with Crippen LogP contribution in [0, 0.1) is 0 Å². The van der Waals surface area contributed by atoms with E-state index in [4.69, 9.17) is 37.1 Å². The van der Waals surface area contributed by atoms with Crippen LogP contribution in [0.25, 0.3) is 0 Å². The molecule has 9 heteroatoms. The molecule has 0 atom stereocenters. The minimum Gasteiger partial charge on any atom is -0.486 e. The number of carbonyl (C=O) groups is 1. The molecule has 0 fully saturated rings. The van der Waals surface area contributed by atoms with Crippen LogP contribution in [-0.2, 0) is 13.3 Å². The number of nitrogens with zero attached hydrogens (tertiary/aromatic N) is 2. The largest absolute Gasteiger partial charge is 0.486 e. The van der Waals surface area contributed by atoms with Crippen LogP contribution < -0.4 is 14.8 Å². The second kappa shape index (κ2) is 9.59. The molecule has 31 heavy (non-hydrogen) atoms. The second-order valence-electron chi connectivity index (χ2n) is 6.47. The molecule has 158 valence electrons. The molecule has 0 aliphatic carbocycles. The molecule has 2 heterocycles. The van der Waals surface area contributed by atoms with Gasteiger partial charge in [-0.15, -0.1) is 0 Å². The van der Waals surface area contributed by atoms with Crippen molar-refractivity contribution < 1.29 is 18.7 Å². The van der Waals surface area contributed by atoms with E-state index in [0.29, 0.717) is 33.0 Å². The van der Waals surface area contributed by atoms with E-state index >= 15 is 0 Å². The van der Waals surface area contributed by atoms with Gasteiger partial charge >= 0.3 is 0 Å². The van der Waals surface area contributed by atoms with Crippen LogP contribution in [0.5, 0.6) is 11.5 Å². The van der Waals surface area contributed by atoms with E-state index in [1.807, 2.05) is 0 Å². The van der Waals surface area contributed by atoms with Gasteiger partial charge in [-0.1, -0.05) is 35.3 Å². The van der Waals surface area contributed by atoms with Crippen LogP contribution in [-0.4, -0.2) is 15.7 Å². The van der Waals surface area contributed by atoms with Crippen LogP contribution in [0.3, 0.4) is 0 Å². The number of anilines is 1. The van der Waals surface area contributed by atoms with Gasteiger partial charge in [0.25, 0.3) is 5.91 Å². The van der Waals surface area contributed by atoms with Gasteiger partial charge in [-0.3, -0.25) is 4.79 Å². The number of nitrogens with one attached hydrogen (secondary N) is 1. The van der Waals surface area contributed by atoms with Gasteiger partial charge in [-0.2, -0.15) is 5.10 Å². The first kappa shape index (κ1) is 20.8. The fourth-order valence-electron chi connectivity index (χ4n) is 2.68. The number of halogens is 2. The molecule has 2 aromatic carbocycles. The Morgan fingerprint density at radius 2 is 1.71 bits per heavy atom. The van der Waals surface area contributed by atoms with Gasteiger partial charge in [0.1, 0.15) is 23.9 Å². The van der Waals surface area contributed by atoms with Crippen molar-refractivity contribution in [2.45, 2.75) is 13.3 Å². The first-order chi connectivity index (χ1) is 15.0. The molecule has 0 bridgehead atoms. The van der Waals surface area contributed by atoms with E-state index in [1.54, 1.807) is 71.5 Å². The lowest BCUT2D eigenvalue weighted by Crippen LogP contribution is -2.10. The van der Waals surface area contributed by atoms with Gasteiger partial charge < -0.3 is 19.2 Å². The molecule has 0 aliphatic heterocycles. The number of hydrogen-bond acceptors (Lipinski definition) is 5.